The van der Waals surface area contributed by atoms with Gasteiger partial charge in [0.25, 0.3) is 5.91 Å². The van der Waals surface area contributed by atoms with E-state index in [2.05, 4.69) is 15.6 Å². The van der Waals surface area contributed by atoms with Crippen LogP contribution in [0.2, 0.25) is 5.02 Å². The molecule has 5 rings (SSSR count). The normalized spacial score (nSPS) is 22.1. The highest BCUT2D eigenvalue weighted by Crippen LogP contribution is 2.29. The molecule has 8 nitrogen and oxygen atoms in total. The van der Waals surface area contributed by atoms with E-state index in [0.717, 1.165) is 18.4 Å². The molecule has 1 saturated heterocycles. The monoisotopic (exact) mass is 485 g/mol. The molecule has 9 heteroatoms. The van der Waals surface area contributed by atoms with Crippen molar-refractivity contribution in [3.8, 4) is 0 Å². The molecule has 1 aromatic carbocycles. The van der Waals surface area contributed by atoms with Gasteiger partial charge in [0.05, 0.1) is 18.8 Å². The quantitative estimate of drug-likeness (QED) is 0.663. The second-order valence-corrected chi connectivity index (χ2v) is 10.1. The van der Waals surface area contributed by atoms with E-state index in [4.69, 9.17) is 16.3 Å². The summed E-state index contributed by atoms with van der Waals surface area (Å²) in [5.74, 6) is 0.00361. The molecule has 1 atom stereocenters. The van der Waals surface area contributed by atoms with Gasteiger partial charge in [0.1, 0.15) is 6.10 Å². The number of likely N-dealkylation sites (tertiary alicyclic amines) is 1. The Kier molecular flexibility index (Phi) is 7.15. The van der Waals surface area contributed by atoms with Crippen molar-refractivity contribution in [3.05, 3.63) is 46.2 Å². The topological polar surface area (TPSA) is 89.4 Å². The van der Waals surface area contributed by atoms with Crippen molar-refractivity contribution >= 4 is 23.4 Å². The first kappa shape index (κ1) is 23.3. The number of nitrogens with one attached hydrogen (secondary N) is 1. The summed E-state index contributed by atoms with van der Waals surface area (Å²) in [6.45, 7) is 1.90. The van der Waals surface area contributed by atoms with E-state index in [1.807, 2.05) is 24.3 Å². The minimum atomic E-state index is -0.155. The van der Waals surface area contributed by atoms with E-state index in [9.17, 15) is 9.59 Å². The van der Waals surface area contributed by atoms with E-state index in [1.165, 1.54) is 25.7 Å². The zero-order valence-electron chi connectivity index (χ0n) is 19.4. The third kappa shape index (κ3) is 5.13. The van der Waals surface area contributed by atoms with Gasteiger partial charge in [0, 0.05) is 30.1 Å². The summed E-state index contributed by atoms with van der Waals surface area (Å²) < 4.78 is 7.80. The van der Waals surface area contributed by atoms with Crippen molar-refractivity contribution in [2.24, 2.45) is 5.92 Å². The molecule has 34 heavy (non-hydrogen) atoms. The summed E-state index contributed by atoms with van der Waals surface area (Å²) in [5.41, 5.74) is 2.09. The number of aromatic nitrogens is 3. The third-order valence-corrected chi connectivity index (χ3v) is 7.65. The first-order valence-corrected chi connectivity index (χ1v) is 12.9. The van der Waals surface area contributed by atoms with Crippen LogP contribution in [0, 0.1) is 5.92 Å². The molecular formula is C25H32ClN5O3. The Bertz CT molecular complexity index is 1010. The Morgan fingerprint density at radius 1 is 1.00 bits per heavy atom. The van der Waals surface area contributed by atoms with Crippen LogP contribution in [0.25, 0.3) is 0 Å². The lowest BCUT2D eigenvalue weighted by molar-refractivity contribution is -0.127. The largest absolute Gasteiger partial charge is 0.365 e. The summed E-state index contributed by atoms with van der Waals surface area (Å²) in [6.07, 6.45) is 8.32. The molecular weight excluding hydrogens is 454 g/mol. The number of ether oxygens (including phenoxy) is 1. The van der Waals surface area contributed by atoms with Crippen LogP contribution in [-0.4, -0.2) is 50.8 Å². The summed E-state index contributed by atoms with van der Waals surface area (Å²) >= 11 is 5.99. The molecule has 1 saturated carbocycles. The lowest BCUT2D eigenvalue weighted by Gasteiger charge is -2.32. The standard InChI is InChI=1S/C25H32ClN5O3/c26-19-9-7-17(8-10-19)22-15-31-21(16-34-22)23(28-29-31)25(33)30-13-11-18(12-14-30)24(32)27-20-5-3-1-2-4-6-20/h7-10,18,20,22H,1-6,11-16H2,(H,27,32). The van der Waals surface area contributed by atoms with E-state index in [0.29, 0.717) is 54.9 Å². The molecule has 0 spiro atoms. The fourth-order valence-electron chi connectivity index (χ4n) is 5.29. The van der Waals surface area contributed by atoms with Crippen LogP contribution < -0.4 is 5.32 Å². The highest BCUT2D eigenvalue weighted by molar-refractivity contribution is 6.30. The Morgan fingerprint density at radius 2 is 1.71 bits per heavy atom. The van der Waals surface area contributed by atoms with Crippen molar-refractivity contribution in [1.82, 2.24) is 25.2 Å². The molecule has 2 amide bonds. The van der Waals surface area contributed by atoms with Crippen LogP contribution in [0.5, 0.6) is 0 Å². The lowest BCUT2D eigenvalue weighted by Crippen LogP contribution is -2.45. The van der Waals surface area contributed by atoms with E-state index < -0.39 is 0 Å². The summed E-state index contributed by atoms with van der Waals surface area (Å²) in [6, 6.07) is 7.88. The maximum atomic E-state index is 13.2. The van der Waals surface area contributed by atoms with Crippen molar-refractivity contribution in [1.29, 1.82) is 0 Å². The van der Waals surface area contributed by atoms with Gasteiger partial charge in [-0.1, -0.05) is 54.6 Å². The third-order valence-electron chi connectivity index (χ3n) is 7.40. The molecule has 0 radical (unpaired) electrons. The number of hydrogen-bond donors (Lipinski definition) is 1. The van der Waals surface area contributed by atoms with Crippen LogP contribution in [0.1, 0.15) is 79.2 Å². The predicted octanol–water partition coefficient (Wildman–Crippen LogP) is 3.89. The fraction of sp³-hybridized carbons (Fsp3) is 0.600. The molecule has 182 valence electrons. The van der Waals surface area contributed by atoms with Gasteiger partial charge in [-0.25, -0.2) is 4.68 Å². The number of amides is 2. The SMILES string of the molecule is O=C(NC1CCCCCC1)C1CCN(C(=O)c2nnn3c2COC(c2ccc(Cl)cc2)C3)CC1. The Balaban J connectivity index is 1.16. The average Bonchev–Trinajstić information content (AvgIpc) is 3.12. The second kappa shape index (κ2) is 10.4. The number of rotatable bonds is 4. The highest BCUT2D eigenvalue weighted by Gasteiger charge is 2.33. The Morgan fingerprint density at radius 3 is 2.41 bits per heavy atom. The maximum absolute atomic E-state index is 13.2. The molecule has 0 bridgehead atoms. The molecule has 1 unspecified atom stereocenters. The fourth-order valence-corrected chi connectivity index (χ4v) is 5.42. The molecule has 3 heterocycles. The second-order valence-electron chi connectivity index (χ2n) is 9.68. The average molecular weight is 486 g/mol. The van der Waals surface area contributed by atoms with Crippen molar-refractivity contribution in [2.75, 3.05) is 13.1 Å². The molecule has 2 aliphatic heterocycles. The first-order chi connectivity index (χ1) is 16.6. The lowest BCUT2D eigenvalue weighted by atomic mass is 9.94. The Labute approximate surface area is 205 Å². The summed E-state index contributed by atoms with van der Waals surface area (Å²) in [4.78, 5) is 27.8. The number of carbonyl (C=O) groups excluding carboxylic acids is 2. The van der Waals surface area contributed by atoms with Crippen LogP contribution in [-0.2, 0) is 22.7 Å². The number of nitrogens with zero attached hydrogens (tertiary/aromatic N) is 4. The van der Waals surface area contributed by atoms with Gasteiger partial charge in [-0.2, -0.15) is 0 Å². The zero-order chi connectivity index (χ0) is 23.5. The number of hydrogen-bond acceptors (Lipinski definition) is 5. The number of carbonyl (C=O) groups is 2. The molecule has 1 aliphatic carbocycles. The molecule has 1 N–H and O–H groups in total. The predicted molar refractivity (Wildman–Crippen MR) is 127 cm³/mol. The van der Waals surface area contributed by atoms with Crippen LogP contribution in [0.3, 0.4) is 0 Å². The minimum absolute atomic E-state index is 0.0233. The van der Waals surface area contributed by atoms with E-state index in [-0.39, 0.29) is 30.4 Å². The van der Waals surface area contributed by atoms with Crippen LogP contribution in [0.15, 0.2) is 24.3 Å². The highest BCUT2D eigenvalue weighted by atomic mass is 35.5. The molecule has 2 fully saturated rings. The maximum Gasteiger partial charge on any atom is 0.276 e. The van der Waals surface area contributed by atoms with E-state index >= 15 is 0 Å². The van der Waals surface area contributed by atoms with Crippen molar-refractivity contribution in [3.63, 3.8) is 0 Å². The molecule has 3 aliphatic rings. The minimum Gasteiger partial charge on any atom is -0.365 e. The molecule has 1 aromatic heterocycles. The number of halogens is 1. The number of piperidine rings is 1. The van der Waals surface area contributed by atoms with Gasteiger partial charge in [-0.3, -0.25) is 9.59 Å². The smallest absolute Gasteiger partial charge is 0.276 e. The van der Waals surface area contributed by atoms with Gasteiger partial charge < -0.3 is 15.0 Å². The van der Waals surface area contributed by atoms with Gasteiger partial charge in [-0.05, 0) is 43.4 Å². The van der Waals surface area contributed by atoms with Gasteiger partial charge in [0.15, 0.2) is 5.69 Å². The summed E-state index contributed by atoms with van der Waals surface area (Å²) in [5, 5.41) is 12.4. The van der Waals surface area contributed by atoms with E-state index in [1.54, 1.807) is 9.58 Å². The van der Waals surface area contributed by atoms with Gasteiger partial charge >= 0.3 is 0 Å². The number of benzene rings is 1. The summed E-state index contributed by atoms with van der Waals surface area (Å²) in [7, 11) is 0. The zero-order valence-corrected chi connectivity index (χ0v) is 20.2. The van der Waals surface area contributed by atoms with Crippen LogP contribution in [0.4, 0.5) is 0 Å². The first-order valence-electron chi connectivity index (χ1n) is 12.5. The van der Waals surface area contributed by atoms with Crippen molar-refractivity contribution in [2.45, 2.75) is 76.7 Å². The van der Waals surface area contributed by atoms with Crippen molar-refractivity contribution < 1.29 is 14.3 Å². The van der Waals surface area contributed by atoms with Crippen LogP contribution >= 0.6 is 11.6 Å². The van der Waals surface area contributed by atoms with Gasteiger partial charge in [0.2, 0.25) is 5.91 Å². The molecule has 2 aromatic rings. The number of fused-ring (bicyclic) bond motifs is 1. The Hall–Kier alpha value is -2.45. The van der Waals surface area contributed by atoms with Gasteiger partial charge in [-0.15, -0.1) is 5.10 Å².